The summed E-state index contributed by atoms with van der Waals surface area (Å²) in [5, 5.41) is 2.24. The number of benzene rings is 3. The van der Waals surface area contributed by atoms with E-state index in [1.165, 1.54) is 5.56 Å². The van der Waals surface area contributed by atoms with Crippen LogP contribution in [0.1, 0.15) is 19.4 Å². The van der Waals surface area contributed by atoms with E-state index >= 15 is 0 Å². The molecule has 0 fully saturated rings. The summed E-state index contributed by atoms with van der Waals surface area (Å²) in [5.41, 5.74) is 5.84. The van der Waals surface area contributed by atoms with Gasteiger partial charge in [0.05, 0.1) is 5.58 Å². The SMILES string of the molecule is CC(C)[N+]1=C=[N+](c2[c-]ccc3c2oc2ccccc23)C=C1.Cc1ccc(-c2[c-]cccc2)nc1.[Ir]. The number of rotatable bonds is 3. The third-order valence-electron chi connectivity index (χ3n) is 5.61. The van der Waals surface area contributed by atoms with E-state index in [0.29, 0.717) is 6.04 Å². The van der Waals surface area contributed by atoms with Crippen molar-refractivity contribution in [3.05, 3.63) is 109 Å². The average Bonchev–Trinajstić information content (AvgIpc) is 3.51. The maximum atomic E-state index is 6.03. The molecule has 5 aromatic rings. The summed E-state index contributed by atoms with van der Waals surface area (Å²) in [5.74, 6) is 0. The largest absolute Gasteiger partial charge is 0.509 e. The monoisotopic (exact) mass is 636 g/mol. The quantitative estimate of drug-likeness (QED) is 0.159. The van der Waals surface area contributed by atoms with Gasteiger partial charge in [0.15, 0.2) is 11.7 Å². The number of fused-ring (bicyclic) bond motifs is 3. The Kier molecular flexibility index (Phi) is 7.53. The first-order valence-corrected chi connectivity index (χ1v) is 11.3. The van der Waals surface area contributed by atoms with Gasteiger partial charge in [-0.2, -0.15) is 12.1 Å². The molecule has 0 unspecified atom stereocenters. The third kappa shape index (κ3) is 5.23. The number of pyridine rings is 1. The predicted molar refractivity (Wildman–Crippen MR) is 135 cm³/mol. The number of nitrogens with zero attached hydrogens (tertiary/aromatic N) is 3. The van der Waals surface area contributed by atoms with Crippen molar-refractivity contribution >= 4 is 33.6 Å². The summed E-state index contributed by atoms with van der Waals surface area (Å²) >= 11 is 0. The van der Waals surface area contributed by atoms with Gasteiger partial charge in [0.25, 0.3) is 6.20 Å². The van der Waals surface area contributed by atoms with Crippen LogP contribution in [0.2, 0.25) is 0 Å². The Hall–Kier alpha value is -3.62. The van der Waals surface area contributed by atoms with Crippen LogP contribution in [-0.4, -0.2) is 26.2 Å². The van der Waals surface area contributed by atoms with Gasteiger partial charge in [0, 0.05) is 31.7 Å². The average molecular weight is 636 g/mol. The first-order valence-electron chi connectivity index (χ1n) is 11.3. The fourth-order valence-electron chi connectivity index (χ4n) is 3.78. The minimum atomic E-state index is 0. The smallest absolute Gasteiger partial charge is 0.493 e. The molecule has 1 aliphatic rings. The Morgan fingerprint density at radius 1 is 0.886 bits per heavy atom. The van der Waals surface area contributed by atoms with Crippen molar-refractivity contribution < 1.29 is 33.7 Å². The fraction of sp³-hybridized carbons (Fsp3) is 0.133. The number of hydrogen-bond donors (Lipinski definition) is 0. The number of furan rings is 1. The molecule has 0 atom stereocenters. The summed E-state index contributed by atoms with van der Waals surface area (Å²) in [4.78, 5) is 4.32. The van der Waals surface area contributed by atoms with Crippen LogP contribution in [0.5, 0.6) is 0 Å². The summed E-state index contributed by atoms with van der Waals surface area (Å²) in [6.45, 7) is 6.30. The normalized spacial score (nSPS) is 12.2. The molecule has 1 radical (unpaired) electrons. The Bertz CT molecular complexity index is 1560. The van der Waals surface area contributed by atoms with E-state index < -0.39 is 0 Å². The van der Waals surface area contributed by atoms with Crippen molar-refractivity contribution in [2.75, 3.05) is 0 Å². The number of hydrogen-bond acceptors (Lipinski definition) is 2. The van der Waals surface area contributed by atoms with E-state index in [-0.39, 0.29) is 20.1 Å². The second-order valence-corrected chi connectivity index (χ2v) is 8.43. The van der Waals surface area contributed by atoms with Crippen LogP contribution in [-0.2, 0) is 20.1 Å². The summed E-state index contributed by atoms with van der Waals surface area (Å²) in [7, 11) is 0. The van der Waals surface area contributed by atoms with Crippen molar-refractivity contribution in [2.45, 2.75) is 26.8 Å². The molecular weight excluding hydrogens is 611 g/mol. The van der Waals surface area contributed by atoms with Gasteiger partial charge < -0.3 is 9.40 Å². The first kappa shape index (κ1) is 24.5. The zero-order valence-electron chi connectivity index (χ0n) is 19.8. The van der Waals surface area contributed by atoms with Crippen LogP contribution in [0.4, 0.5) is 5.69 Å². The molecule has 0 saturated heterocycles. The van der Waals surface area contributed by atoms with Gasteiger partial charge in [-0.05, 0) is 38.1 Å². The first-order chi connectivity index (χ1) is 16.6. The Labute approximate surface area is 218 Å². The molecule has 6 rings (SSSR count). The summed E-state index contributed by atoms with van der Waals surface area (Å²) < 4.78 is 10.00. The molecule has 0 saturated carbocycles. The van der Waals surface area contributed by atoms with Gasteiger partial charge in [-0.15, -0.1) is 42.0 Å². The van der Waals surface area contributed by atoms with Crippen molar-refractivity contribution in [2.24, 2.45) is 0 Å². The number of para-hydroxylation sites is 1. The van der Waals surface area contributed by atoms with Crippen molar-refractivity contribution in [3.8, 4) is 11.3 Å². The molecule has 0 aliphatic carbocycles. The van der Waals surface area contributed by atoms with E-state index in [2.05, 4.69) is 49.1 Å². The standard InChI is InChI=1S/C18H15N2O.C12H10N.Ir/c1-13(2)19-10-11-20(12-19)16-8-5-7-15-14-6-3-4-9-17(14)21-18(15)16;1-10-7-8-12(13-9-10)11-5-3-2-4-6-11;/h3-7,9-11,13H,1-2H3;2-5,7-9H,1H3;/q+1;-1;. The van der Waals surface area contributed by atoms with E-state index in [1.54, 1.807) is 0 Å². The van der Waals surface area contributed by atoms with Gasteiger partial charge in [-0.25, -0.2) is 0 Å². The van der Waals surface area contributed by atoms with E-state index in [9.17, 15) is 0 Å². The van der Waals surface area contributed by atoms with Crippen molar-refractivity contribution in [3.63, 3.8) is 0 Å². The van der Waals surface area contributed by atoms with Gasteiger partial charge in [0.2, 0.25) is 6.20 Å². The predicted octanol–water partition coefficient (Wildman–Crippen LogP) is 6.96. The van der Waals surface area contributed by atoms with E-state index in [1.807, 2.05) is 95.3 Å². The van der Waals surface area contributed by atoms with Crippen LogP contribution < -0.4 is 0 Å². The van der Waals surface area contributed by atoms with Crippen LogP contribution in [0.15, 0.2) is 95.8 Å². The molecule has 3 aromatic carbocycles. The molecule has 2 aromatic heterocycles. The zero-order valence-corrected chi connectivity index (χ0v) is 22.2. The minimum Gasteiger partial charge on any atom is -0.509 e. The molecule has 0 N–H and O–H groups in total. The Balaban J connectivity index is 0.000000179. The van der Waals surface area contributed by atoms with Crippen molar-refractivity contribution in [1.82, 2.24) is 4.98 Å². The molecule has 1 aliphatic heterocycles. The topological polar surface area (TPSA) is 32.0 Å². The summed E-state index contributed by atoms with van der Waals surface area (Å²) in [6.07, 6.45) is 5.87. The van der Waals surface area contributed by atoms with Crippen LogP contribution in [0.25, 0.3) is 33.2 Å². The molecule has 35 heavy (non-hydrogen) atoms. The van der Waals surface area contributed by atoms with E-state index in [0.717, 1.165) is 38.9 Å². The van der Waals surface area contributed by atoms with E-state index in [4.69, 9.17) is 4.42 Å². The minimum absolute atomic E-state index is 0. The van der Waals surface area contributed by atoms with Crippen LogP contribution in [0, 0.1) is 19.1 Å². The number of aryl methyl sites for hydroxylation is 1. The van der Waals surface area contributed by atoms with Gasteiger partial charge in [-0.3, -0.25) is 0 Å². The molecule has 0 bridgehead atoms. The van der Waals surface area contributed by atoms with Crippen molar-refractivity contribution in [1.29, 1.82) is 0 Å². The maximum absolute atomic E-state index is 6.03. The van der Waals surface area contributed by atoms with Crippen LogP contribution >= 0.6 is 0 Å². The van der Waals surface area contributed by atoms with Gasteiger partial charge >= 0.3 is 6.01 Å². The maximum Gasteiger partial charge on any atom is 0.493 e. The zero-order chi connectivity index (χ0) is 23.5. The molecule has 3 heterocycles. The number of aromatic nitrogens is 1. The second kappa shape index (κ2) is 10.8. The fourth-order valence-corrected chi connectivity index (χ4v) is 3.78. The van der Waals surface area contributed by atoms with Gasteiger partial charge in [0.1, 0.15) is 5.58 Å². The molecule has 175 valence electrons. The second-order valence-electron chi connectivity index (χ2n) is 8.43. The third-order valence-corrected chi connectivity index (χ3v) is 5.61. The molecule has 5 heteroatoms. The molecule has 0 spiro atoms. The Morgan fingerprint density at radius 3 is 2.43 bits per heavy atom. The van der Waals surface area contributed by atoms with Gasteiger partial charge in [-0.1, -0.05) is 44.9 Å². The molecule has 4 nitrogen and oxygen atoms in total. The molecule has 0 amide bonds. The molecular formula is C30H25IrN3O. The Morgan fingerprint density at radius 2 is 1.71 bits per heavy atom. The summed E-state index contributed by atoms with van der Waals surface area (Å²) in [6, 6.07) is 34.1. The van der Waals surface area contributed by atoms with Crippen LogP contribution in [0.3, 0.4) is 0 Å².